The van der Waals surface area contributed by atoms with Gasteiger partial charge in [-0.05, 0) is 18.6 Å². The van der Waals surface area contributed by atoms with Crippen LogP contribution in [-0.2, 0) is 15.1 Å². The molecular formula is C13H11NO5S. The summed E-state index contributed by atoms with van der Waals surface area (Å²) in [5, 5.41) is 10.7. The third-order valence-electron chi connectivity index (χ3n) is 3.26. The topological polar surface area (TPSA) is 87.8 Å². The van der Waals surface area contributed by atoms with Gasteiger partial charge >= 0.3 is 0 Å². The van der Waals surface area contributed by atoms with Crippen molar-refractivity contribution in [3.05, 3.63) is 29.0 Å². The molecule has 1 aliphatic heterocycles. The van der Waals surface area contributed by atoms with Crippen LogP contribution in [0.15, 0.2) is 28.7 Å². The highest BCUT2D eigenvalue weighted by Gasteiger charge is 2.27. The van der Waals surface area contributed by atoms with Gasteiger partial charge in [0, 0.05) is 18.4 Å². The van der Waals surface area contributed by atoms with Crippen LogP contribution >= 0.6 is 0 Å². The Balaban J connectivity index is 2.48. The molecule has 1 N–H and O–H groups in total. The van der Waals surface area contributed by atoms with Gasteiger partial charge in [-0.2, -0.15) is 8.42 Å². The summed E-state index contributed by atoms with van der Waals surface area (Å²) in [6, 6.07) is 6.69. The van der Waals surface area contributed by atoms with E-state index in [1.807, 2.05) is 0 Å². The third-order valence-corrected chi connectivity index (χ3v) is 3.84. The molecule has 0 spiro atoms. The molecule has 1 aromatic heterocycles. The number of benzene rings is 1. The van der Waals surface area contributed by atoms with Gasteiger partial charge in [0.1, 0.15) is 11.3 Å². The molecule has 1 saturated heterocycles. The van der Waals surface area contributed by atoms with Crippen molar-refractivity contribution in [1.29, 1.82) is 0 Å². The highest BCUT2D eigenvalue weighted by molar-refractivity contribution is 7.63. The Kier molecular flexibility index (Phi) is 2.98. The maximum absolute atomic E-state index is 11.9. The van der Waals surface area contributed by atoms with Crippen LogP contribution in [0.1, 0.15) is 12.8 Å². The standard InChI is InChI=1S/C13H11NO5S/c15-10-6-3-7-14(10)11-8-4-1-2-5-9(8)19-13(12(11)16)20(17)18/h1-2,4-5,16H,3,6-7H2. The molecule has 20 heavy (non-hydrogen) atoms. The van der Waals surface area contributed by atoms with Crippen LogP contribution in [0.5, 0.6) is 5.75 Å². The summed E-state index contributed by atoms with van der Waals surface area (Å²) in [5.41, 5.74) is 0.507. The number of aromatic hydroxyl groups is 1. The summed E-state index contributed by atoms with van der Waals surface area (Å²) >= 11 is 0. The maximum Gasteiger partial charge on any atom is 0.291 e. The van der Waals surface area contributed by atoms with E-state index in [2.05, 4.69) is 0 Å². The summed E-state index contributed by atoms with van der Waals surface area (Å²) in [7, 11) is -2.72. The third kappa shape index (κ3) is 1.87. The summed E-state index contributed by atoms with van der Waals surface area (Å²) < 4.78 is 26.9. The lowest BCUT2D eigenvalue weighted by molar-refractivity contribution is -0.117. The van der Waals surface area contributed by atoms with Crippen LogP contribution in [-0.4, -0.2) is 26.0 Å². The van der Waals surface area contributed by atoms with Crippen LogP contribution in [0.25, 0.3) is 11.0 Å². The lowest BCUT2D eigenvalue weighted by atomic mass is 10.2. The Morgan fingerprint density at radius 3 is 2.65 bits per heavy atom. The van der Waals surface area contributed by atoms with E-state index in [4.69, 9.17) is 4.42 Å². The number of carbonyl (C=O) groups is 1. The van der Waals surface area contributed by atoms with Crippen LogP contribution in [0.2, 0.25) is 0 Å². The number of para-hydroxylation sites is 1. The molecular weight excluding hydrogens is 282 g/mol. The Bertz CT molecular complexity index is 873. The highest BCUT2D eigenvalue weighted by Crippen LogP contribution is 2.38. The van der Waals surface area contributed by atoms with Crippen LogP contribution in [0, 0.1) is 4.71 Å². The van der Waals surface area contributed by atoms with Crippen molar-refractivity contribution in [3.8, 4) is 5.75 Å². The van der Waals surface area contributed by atoms with Crippen molar-refractivity contribution in [2.75, 3.05) is 11.4 Å². The summed E-state index contributed by atoms with van der Waals surface area (Å²) in [5.74, 6) is -0.661. The second-order valence-corrected chi connectivity index (χ2v) is 5.31. The molecule has 2 aromatic rings. The molecule has 0 bridgehead atoms. The molecule has 0 aliphatic carbocycles. The molecule has 1 aromatic carbocycles. The first-order chi connectivity index (χ1) is 9.59. The molecule has 0 atom stereocenters. The number of nitrogens with zero attached hydrogens (tertiary/aromatic N) is 1. The predicted octanol–water partition coefficient (Wildman–Crippen LogP) is 1.68. The summed E-state index contributed by atoms with van der Waals surface area (Å²) in [4.78, 5) is 13.3. The van der Waals surface area contributed by atoms with Gasteiger partial charge in [-0.25, -0.2) is 0 Å². The van der Waals surface area contributed by atoms with Gasteiger partial charge in [-0.1, -0.05) is 12.1 Å². The van der Waals surface area contributed by atoms with Gasteiger partial charge in [0.25, 0.3) is 15.0 Å². The van der Waals surface area contributed by atoms with E-state index in [1.165, 1.54) is 4.90 Å². The van der Waals surface area contributed by atoms with Gasteiger partial charge in [-0.15, -0.1) is 0 Å². The van der Waals surface area contributed by atoms with Crippen molar-refractivity contribution in [2.24, 2.45) is 0 Å². The van der Waals surface area contributed by atoms with Gasteiger partial charge in [-0.3, -0.25) is 4.79 Å². The van der Waals surface area contributed by atoms with Crippen molar-refractivity contribution < 1.29 is 22.7 Å². The van der Waals surface area contributed by atoms with Crippen molar-refractivity contribution in [1.82, 2.24) is 0 Å². The normalized spacial score (nSPS) is 15.0. The number of anilines is 1. The number of rotatable bonds is 1. The van der Waals surface area contributed by atoms with Crippen molar-refractivity contribution in [2.45, 2.75) is 12.8 Å². The molecule has 7 heteroatoms. The van der Waals surface area contributed by atoms with Gasteiger partial charge in [0.15, 0.2) is 5.75 Å². The minimum atomic E-state index is -2.72. The fraction of sp³-hybridized carbons (Fsp3) is 0.231. The van der Waals surface area contributed by atoms with E-state index in [1.54, 1.807) is 24.3 Å². The van der Waals surface area contributed by atoms with E-state index in [0.29, 0.717) is 30.4 Å². The summed E-state index contributed by atoms with van der Waals surface area (Å²) in [6.07, 6.45) is 1.06. The Labute approximate surface area is 115 Å². The van der Waals surface area contributed by atoms with Crippen LogP contribution in [0.3, 0.4) is 0 Å². The fourth-order valence-corrected chi connectivity index (χ4v) is 2.81. The van der Waals surface area contributed by atoms with E-state index in [-0.39, 0.29) is 11.6 Å². The van der Waals surface area contributed by atoms with Crippen LogP contribution in [0.4, 0.5) is 5.69 Å². The van der Waals surface area contributed by atoms with Gasteiger partial charge in [0.2, 0.25) is 5.91 Å². The first-order valence-corrected chi connectivity index (χ1v) is 7.14. The first-order valence-electron chi connectivity index (χ1n) is 6.07. The molecule has 1 aliphatic rings. The van der Waals surface area contributed by atoms with E-state index in [9.17, 15) is 18.3 Å². The molecule has 1 fully saturated rings. The van der Waals surface area contributed by atoms with Crippen molar-refractivity contribution >= 4 is 32.9 Å². The minimum Gasteiger partial charge on any atom is -0.502 e. The van der Waals surface area contributed by atoms with E-state index < -0.39 is 20.7 Å². The SMILES string of the molecule is O=C1CCCN1c1c(O)c(=S(=O)=O)oc2ccccc12. The molecule has 0 unspecified atom stereocenters. The lowest BCUT2D eigenvalue weighted by Gasteiger charge is -2.18. The highest BCUT2D eigenvalue weighted by atomic mass is 32.2. The quantitative estimate of drug-likeness (QED) is 0.808. The fourth-order valence-electron chi connectivity index (χ4n) is 2.39. The zero-order chi connectivity index (χ0) is 14.3. The minimum absolute atomic E-state index is 0.140. The Hall–Kier alpha value is -2.28. The van der Waals surface area contributed by atoms with E-state index in [0.717, 1.165) is 0 Å². The number of hydrogen-bond donors (Lipinski definition) is 1. The average molecular weight is 293 g/mol. The Morgan fingerprint density at radius 2 is 2.00 bits per heavy atom. The second-order valence-electron chi connectivity index (χ2n) is 4.47. The molecule has 3 rings (SSSR count). The number of amides is 1. The van der Waals surface area contributed by atoms with Crippen LogP contribution < -0.4 is 4.90 Å². The van der Waals surface area contributed by atoms with Crippen molar-refractivity contribution in [3.63, 3.8) is 0 Å². The molecule has 0 saturated carbocycles. The molecule has 6 nitrogen and oxygen atoms in total. The van der Waals surface area contributed by atoms with Gasteiger partial charge in [0.05, 0.1) is 0 Å². The smallest absolute Gasteiger partial charge is 0.291 e. The van der Waals surface area contributed by atoms with E-state index >= 15 is 0 Å². The molecule has 0 radical (unpaired) electrons. The second kappa shape index (κ2) is 4.68. The number of hydrogen-bond acceptors (Lipinski definition) is 5. The lowest BCUT2D eigenvalue weighted by Crippen LogP contribution is -2.24. The average Bonchev–Trinajstić information content (AvgIpc) is 2.84. The molecule has 1 amide bonds. The largest absolute Gasteiger partial charge is 0.502 e. The predicted molar refractivity (Wildman–Crippen MR) is 71.6 cm³/mol. The van der Waals surface area contributed by atoms with Gasteiger partial charge < -0.3 is 14.4 Å². The monoisotopic (exact) mass is 293 g/mol. The zero-order valence-electron chi connectivity index (χ0n) is 10.4. The Morgan fingerprint density at radius 1 is 1.25 bits per heavy atom. The molecule has 104 valence electrons. The number of carbonyl (C=O) groups excluding carboxylic acids is 1. The first kappa shape index (κ1) is 12.7. The number of fused-ring (bicyclic) bond motifs is 1. The zero-order valence-corrected chi connectivity index (χ0v) is 11.2. The summed E-state index contributed by atoms with van der Waals surface area (Å²) in [6.45, 7) is 0.450. The maximum atomic E-state index is 11.9. The molecule has 2 heterocycles.